The number of carbonyl (C=O) groups is 2. The molecule has 0 aromatic heterocycles. The van der Waals surface area contributed by atoms with E-state index in [-0.39, 0.29) is 17.1 Å². The van der Waals surface area contributed by atoms with Gasteiger partial charge in [-0.25, -0.2) is 0 Å². The monoisotopic (exact) mass is 266 g/mol. The van der Waals surface area contributed by atoms with Crippen LogP contribution in [0.15, 0.2) is 0 Å². The van der Waals surface area contributed by atoms with Crippen molar-refractivity contribution in [3.05, 3.63) is 0 Å². The van der Waals surface area contributed by atoms with Crippen LogP contribution >= 0.6 is 0 Å². The Morgan fingerprint density at radius 3 is 1.13 bits per heavy atom. The Balaban J connectivity index is -0.000000180. The maximum Gasteiger partial charge on any atom is 0.322 e. The molecule has 0 aliphatic carbocycles. The minimum absolute atomic E-state index is 0. The van der Waals surface area contributed by atoms with Crippen LogP contribution in [0.5, 0.6) is 0 Å². The quantitative estimate of drug-likeness (QED) is 0.289. The van der Waals surface area contributed by atoms with Gasteiger partial charge in [0.05, 0.1) is 13.2 Å². The van der Waals surface area contributed by atoms with Crippen LogP contribution in [0.25, 0.3) is 0 Å². The molecule has 0 saturated heterocycles. The molecule has 0 rings (SSSR count). The third-order valence-corrected chi connectivity index (χ3v) is 1.03. The van der Waals surface area contributed by atoms with E-state index in [0.717, 1.165) is 0 Å². The summed E-state index contributed by atoms with van der Waals surface area (Å²) in [5.41, 5.74) is 9.53. The normalized spacial score (nSPS) is 12.5. The van der Waals surface area contributed by atoms with Crippen molar-refractivity contribution in [3.63, 3.8) is 0 Å². The Labute approximate surface area is 96.3 Å². The van der Waals surface area contributed by atoms with E-state index in [4.69, 9.17) is 31.9 Å². The molecule has 2 atom stereocenters. The summed E-state index contributed by atoms with van der Waals surface area (Å²) >= 11 is 0. The van der Waals surface area contributed by atoms with E-state index in [9.17, 15) is 9.59 Å². The summed E-state index contributed by atoms with van der Waals surface area (Å²) in [6.07, 6.45) is 0. The average Bonchev–Trinajstić information content (AvgIpc) is 2.15. The Hall–Kier alpha value is -0.701. The van der Waals surface area contributed by atoms with Gasteiger partial charge in [0.15, 0.2) is 0 Å². The van der Waals surface area contributed by atoms with Crippen LogP contribution in [0.1, 0.15) is 0 Å². The van der Waals surface area contributed by atoms with Crippen LogP contribution in [0.4, 0.5) is 0 Å². The van der Waals surface area contributed by atoms with Crippen LogP contribution in [-0.2, 0) is 26.7 Å². The third kappa shape index (κ3) is 13.3. The van der Waals surface area contributed by atoms with Gasteiger partial charge >= 0.3 is 11.9 Å². The molecule has 0 bridgehead atoms. The molecular weight excluding hydrogens is 252 g/mol. The molecule has 8 N–H and O–H groups in total. The van der Waals surface area contributed by atoms with Crippen molar-refractivity contribution in [2.24, 2.45) is 11.5 Å². The molecule has 0 aromatic carbocycles. The third-order valence-electron chi connectivity index (χ3n) is 1.03. The van der Waals surface area contributed by atoms with E-state index in [1.54, 1.807) is 0 Å². The summed E-state index contributed by atoms with van der Waals surface area (Å²) in [6.45, 7) is -1.01. The van der Waals surface area contributed by atoms with E-state index in [0.29, 0.717) is 0 Å². The van der Waals surface area contributed by atoms with Crippen LogP contribution < -0.4 is 11.5 Å². The van der Waals surface area contributed by atoms with Crippen LogP contribution in [0.2, 0.25) is 0 Å². The van der Waals surface area contributed by atoms with Gasteiger partial charge in [0.1, 0.15) is 12.1 Å². The number of aliphatic carboxylic acids is 2. The second kappa shape index (κ2) is 11.4. The maximum absolute atomic E-state index is 9.65. The molecule has 0 heterocycles. The number of aliphatic hydroxyl groups excluding tert-OH is 2. The van der Waals surface area contributed by atoms with Gasteiger partial charge in [-0.05, 0) is 0 Å². The van der Waals surface area contributed by atoms with Crippen LogP contribution in [0, 0.1) is 0 Å². The molecule has 0 spiro atoms. The zero-order valence-corrected chi connectivity index (χ0v) is 8.79. The van der Waals surface area contributed by atoms with Crippen molar-refractivity contribution >= 4 is 11.9 Å². The first-order valence-electron chi connectivity index (χ1n) is 3.55. The number of aliphatic hydroxyl groups is 2. The van der Waals surface area contributed by atoms with E-state index < -0.39 is 37.2 Å². The Morgan fingerprint density at radius 1 is 0.933 bits per heavy atom. The number of carboxylic acid groups (broad SMARTS) is 2. The van der Waals surface area contributed by atoms with Crippen molar-refractivity contribution in [3.8, 4) is 0 Å². The standard InChI is InChI=1S/2C3H7NO3.Fe/c2*4-2(1-5)3(6)7;/h2*2,5H,1,4H2,(H,6,7);/t2*2-;/m00./s1. The fourth-order valence-electron chi connectivity index (χ4n) is 0.156. The molecule has 92 valence electrons. The van der Waals surface area contributed by atoms with Crippen molar-refractivity contribution < 1.29 is 47.1 Å². The van der Waals surface area contributed by atoms with Crippen molar-refractivity contribution in [2.45, 2.75) is 12.1 Å². The Kier molecular flexibility index (Phi) is 15.0. The van der Waals surface area contributed by atoms with Gasteiger partial charge in [-0.2, -0.15) is 0 Å². The summed E-state index contributed by atoms with van der Waals surface area (Å²) in [6, 6.07) is -2.25. The fraction of sp³-hybridized carbons (Fsp3) is 0.667. The predicted molar refractivity (Wildman–Crippen MR) is 45.4 cm³/mol. The minimum atomic E-state index is -1.18. The summed E-state index contributed by atoms with van der Waals surface area (Å²) in [4.78, 5) is 19.3. The molecule has 0 unspecified atom stereocenters. The maximum atomic E-state index is 9.65. The van der Waals surface area contributed by atoms with E-state index in [1.807, 2.05) is 0 Å². The van der Waals surface area contributed by atoms with Gasteiger partial charge in [-0.1, -0.05) is 0 Å². The molecule has 0 saturated carbocycles. The Morgan fingerprint density at radius 2 is 1.13 bits per heavy atom. The van der Waals surface area contributed by atoms with E-state index >= 15 is 0 Å². The van der Waals surface area contributed by atoms with Gasteiger partial charge in [0.2, 0.25) is 0 Å². The molecule has 0 amide bonds. The number of hydrogen-bond donors (Lipinski definition) is 6. The minimum Gasteiger partial charge on any atom is -0.480 e. The first-order valence-corrected chi connectivity index (χ1v) is 3.55. The number of hydrogen-bond acceptors (Lipinski definition) is 6. The summed E-state index contributed by atoms with van der Waals surface area (Å²) < 4.78 is 0. The number of nitrogens with two attached hydrogens (primary N) is 2. The van der Waals surface area contributed by atoms with Gasteiger partial charge in [0.25, 0.3) is 0 Å². The van der Waals surface area contributed by atoms with Gasteiger partial charge in [0, 0.05) is 17.1 Å². The molecule has 8 nitrogen and oxygen atoms in total. The topological polar surface area (TPSA) is 167 Å². The van der Waals surface area contributed by atoms with Crippen molar-refractivity contribution in [1.82, 2.24) is 0 Å². The SMILES string of the molecule is N[C@@H](CO)C(=O)O.N[C@@H](CO)C(=O)O.[Fe]. The zero-order chi connectivity index (χ0) is 11.7. The second-order valence-electron chi connectivity index (χ2n) is 2.25. The van der Waals surface area contributed by atoms with Gasteiger partial charge in [-0.3, -0.25) is 9.59 Å². The summed E-state index contributed by atoms with van der Waals surface area (Å²) in [5, 5.41) is 31.8. The molecule has 0 aromatic rings. The van der Waals surface area contributed by atoms with E-state index in [1.165, 1.54) is 0 Å². The van der Waals surface area contributed by atoms with Crippen LogP contribution in [0.3, 0.4) is 0 Å². The molecule has 15 heavy (non-hydrogen) atoms. The first-order chi connectivity index (χ1) is 6.36. The average molecular weight is 266 g/mol. The largest absolute Gasteiger partial charge is 0.480 e. The van der Waals surface area contributed by atoms with Crippen molar-refractivity contribution in [1.29, 1.82) is 0 Å². The molecule has 0 fully saturated rings. The first kappa shape index (κ1) is 19.8. The Bertz CT molecular complexity index is 170. The summed E-state index contributed by atoms with van der Waals surface area (Å²) in [7, 11) is 0. The number of carboxylic acids is 2. The smallest absolute Gasteiger partial charge is 0.322 e. The second-order valence-corrected chi connectivity index (χ2v) is 2.25. The van der Waals surface area contributed by atoms with Crippen LogP contribution in [-0.4, -0.2) is 57.7 Å². The predicted octanol–water partition coefficient (Wildman–Crippen LogP) is -3.22. The molecular formula is C6H14FeN2O6. The van der Waals surface area contributed by atoms with Gasteiger partial charge < -0.3 is 31.9 Å². The molecule has 0 radical (unpaired) electrons. The fourth-order valence-corrected chi connectivity index (χ4v) is 0.156. The van der Waals surface area contributed by atoms with Crippen molar-refractivity contribution in [2.75, 3.05) is 13.2 Å². The molecule has 0 aliphatic heterocycles. The molecule has 9 heteroatoms. The summed E-state index contributed by atoms with van der Waals surface area (Å²) in [5.74, 6) is -2.36. The molecule has 0 aliphatic rings. The number of rotatable bonds is 4. The van der Waals surface area contributed by atoms with E-state index in [2.05, 4.69) is 0 Å². The van der Waals surface area contributed by atoms with Gasteiger partial charge in [-0.15, -0.1) is 0 Å². The zero-order valence-electron chi connectivity index (χ0n) is 7.68.